The van der Waals surface area contributed by atoms with Crippen LogP contribution in [0.25, 0.3) is 11.0 Å². The first-order valence-electron chi connectivity index (χ1n) is 12.0. The summed E-state index contributed by atoms with van der Waals surface area (Å²) in [6.45, 7) is 2.70. The van der Waals surface area contributed by atoms with Crippen molar-refractivity contribution in [2.45, 2.75) is 38.6 Å². The first-order chi connectivity index (χ1) is 17.4. The van der Waals surface area contributed by atoms with Gasteiger partial charge in [0.1, 0.15) is 30.0 Å². The van der Waals surface area contributed by atoms with Crippen LogP contribution in [-0.4, -0.2) is 60.5 Å². The Morgan fingerprint density at radius 2 is 2.00 bits per heavy atom. The van der Waals surface area contributed by atoms with E-state index in [9.17, 15) is 14.4 Å². The van der Waals surface area contributed by atoms with E-state index >= 15 is 0 Å². The molecule has 0 fully saturated rings. The average molecular weight is 494 g/mol. The number of aromatic nitrogens is 2. The highest BCUT2D eigenvalue weighted by molar-refractivity contribution is 5.97. The number of imidazole rings is 1. The maximum Gasteiger partial charge on any atom is 0.255 e. The van der Waals surface area contributed by atoms with Crippen molar-refractivity contribution in [2.24, 2.45) is 0 Å². The Labute approximate surface area is 209 Å². The van der Waals surface area contributed by atoms with Crippen molar-refractivity contribution in [2.75, 3.05) is 26.8 Å². The van der Waals surface area contributed by atoms with Crippen LogP contribution in [0.4, 0.5) is 0 Å². The molecule has 190 valence electrons. The number of carbonyl (C=O) groups excluding carboxylic acids is 3. The highest BCUT2D eigenvalue weighted by Gasteiger charge is 2.21. The van der Waals surface area contributed by atoms with Crippen molar-refractivity contribution in [3.8, 4) is 11.5 Å². The summed E-state index contributed by atoms with van der Waals surface area (Å²) in [6.07, 6.45) is 1.92. The van der Waals surface area contributed by atoms with Gasteiger partial charge in [0.25, 0.3) is 5.91 Å². The summed E-state index contributed by atoms with van der Waals surface area (Å²) in [4.78, 5) is 45.8. The lowest BCUT2D eigenvalue weighted by Gasteiger charge is -2.20. The number of methoxy groups -OCH3 is 1. The molecule has 4 N–H and O–H groups in total. The maximum atomic E-state index is 12.9. The third-order valence-electron chi connectivity index (χ3n) is 5.98. The molecule has 3 aromatic rings. The lowest BCUT2D eigenvalue weighted by Crippen LogP contribution is -2.48. The monoisotopic (exact) mass is 493 g/mol. The molecule has 2 aromatic carbocycles. The topological polar surface area (TPSA) is 134 Å². The standard InChI is InChI=1S/C26H31N5O5/c1-16-29-20-9-6-17(13-22(20)30-16)14-24(32)31-21-5-3-4-10-27-25(33)19-8-7-18(35-2)15-23(19)36-12-11-28-26(21)34/h6-9,13,15,21H,3-5,10-12,14H2,1-2H3,(H,27,33)(H,28,34)(H,29,30)(H,31,32)/t21-/m0/s1. The fraction of sp³-hybridized carbons (Fsp3) is 0.385. The van der Waals surface area contributed by atoms with Crippen molar-refractivity contribution in [1.82, 2.24) is 25.9 Å². The predicted molar refractivity (Wildman–Crippen MR) is 134 cm³/mol. The molecule has 0 aliphatic carbocycles. The predicted octanol–water partition coefficient (Wildman–Crippen LogP) is 2.02. The van der Waals surface area contributed by atoms with Gasteiger partial charge in [-0.05, 0) is 56.0 Å². The van der Waals surface area contributed by atoms with Crippen molar-refractivity contribution in [3.63, 3.8) is 0 Å². The molecule has 2 heterocycles. The molecular formula is C26H31N5O5. The Kier molecular flexibility index (Phi) is 8.04. The minimum absolute atomic E-state index is 0.148. The van der Waals surface area contributed by atoms with Crippen LogP contribution >= 0.6 is 0 Å². The number of hydrogen-bond donors (Lipinski definition) is 4. The smallest absolute Gasteiger partial charge is 0.255 e. The maximum absolute atomic E-state index is 12.9. The van der Waals surface area contributed by atoms with Crippen molar-refractivity contribution < 1.29 is 23.9 Å². The van der Waals surface area contributed by atoms with Crippen LogP contribution in [0, 0.1) is 6.92 Å². The number of aromatic amines is 1. The summed E-state index contributed by atoms with van der Waals surface area (Å²) in [7, 11) is 1.54. The number of ether oxygens (including phenoxy) is 2. The summed E-state index contributed by atoms with van der Waals surface area (Å²) in [5.41, 5.74) is 2.95. The Morgan fingerprint density at radius 1 is 1.14 bits per heavy atom. The largest absolute Gasteiger partial charge is 0.497 e. The van der Waals surface area contributed by atoms with Gasteiger partial charge in [0.2, 0.25) is 11.8 Å². The lowest BCUT2D eigenvalue weighted by molar-refractivity contribution is -0.129. The number of hydrogen-bond acceptors (Lipinski definition) is 6. The molecule has 4 rings (SSSR count). The highest BCUT2D eigenvalue weighted by atomic mass is 16.5. The Morgan fingerprint density at radius 3 is 2.83 bits per heavy atom. The van der Waals surface area contributed by atoms with Gasteiger partial charge in [0.15, 0.2) is 0 Å². The van der Waals surface area contributed by atoms with Crippen LogP contribution in [0.3, 0.4) is 0 Å². The third kappa shape index (κ3) is 6.32. The van der Waals surface area contributed by atoms with Crippen LogP contribution in [-0.2, 0) is 16.0 Å². The Bertz CT molecular complexity index is 1250. The van der Waals surface area contributed by atoms with Gasteiger partial charge in [-0.2, -0.15) is 0 Å². The van der Waals surface area contributed by atoms with E-state index in [4.69, 9.17) is 9.47 Å². The first kappa shape index (κ1) is 25.0. The molecule has 1 aliphatic rings. The summed E-state index contributed by atoms with van der Waals surface area (Å²) >= 11 is 0. The molecule has 10 heteroatoms. The van der Waals surface area contributed by atoms with Crippen LogP contribution in [0.5, 0.6) is 11.5 Å². The zero-order chi connectivity index (χ0) is 25.5. The number of aryl methyl sites for hydroxylation is 1. The molecule has 36 heavy (non-hydrogen) atoms. The van der Waals surface area contributed by atoms with Gasteiger partial charge in [-0.25, -0.2) is 4.98 Å². The minimum atomic E-state index is -0.679. The van der Waals surface area contributed by atoms with Gasteiger partial charge >= 0.3 is 0 Å². The van der Waals surface area contributed by atoms with E-state index in [1.807, 2.05) is 25.1 Å². The molecule has 1 aromatic heterocycles. The fourth-order valence-corrected chi connectivity index (χ4v) is 4.16. The second kappa shape index (κ2) is 11.6. The fourth-order valence-electron chi connectivity index (χ4n) is 4.16. The van der Waals surface area contributed by atoms with Gasteiger partial charge in [-0.3, -0.25) is 14.4 Å². The van der Waals surface area contributed by atoms with Crippen molar-refractivity contribution >= 4 is 28.8 Å². The molecule has 0 radical (unpaired) electrons. The van der Waals surface area contributed by atoms with Gasteiger partial charge in [-0.15, -0.1) is 0 Å². The SMILES string of the molecule is COc1ccc2c(c1)OCCNC(=O)[C@@H](NC(=O)Cc1ccc3nc(C)[nH]c3c1)CCCCNC2=O. The third-order valence-corrected chi connectivity index (χ3v) is 5.98. The van der Waals surface area contributed by atoms with E-state index in [0.29, 0.717) is 42.9 Å². The number of carbonyl (C=O) groups is 3. The van der Waals surface area contributed by atoms with E-state index in [2.05, 4.69) is 25.9 Å². The van der Waals surface area contributed by atoms with E-state index < -0.39 is 6.04 Å². The number of nitrogens with one attached hydrogen (secondary N) is 4. The number of nitrogens with zero attached hydrogens (tertiary/aromatic N) is 1. The molecule has 1 atom stereocenters. The Hall–Kier alpha value is -4.08. The van der Waals surface area contributed by atoms with Crippen LogP contribution in [0.2, 0.25) is 0 Å². The van der Waals surface area contributed by atoms with Gasteiger partial charge in [0.05, 0.1) is 36.7 Å². The van der Waals surface area contributed by atoms with Crippen LogP contribution in [0.1, 0.15) is 41.0 Å². The van der Waals surface area contributed by atoms with Crippen molar-refractivity contribution in [1.29, 1.82) is 0 Å². The molecule has 1 aliphatic heterocycles. The summed E-state index contributed by atoms with van der Waals surface area (Å²) in [5.74, 6) is 1.02. The zero-order valence-electron chi connectivity index (χ0n) is 20.5. The normalized spacial score (nSPS) is 17.2. The lowest BCUT2D eigenvalue weighted by atomic mass is 10.1. The first-order valence-corrected chi connectivity index (χ1v) is 12.0. The highest BCUT2D eigenvalue weighted by Crippen LogP contribution is 2.25. The number of rotatable bonds is 4. The second-order valence-electron chi connectivity index (χ2n) is 8.72. The van der Waals surface area contributed by atoms with E-state index in [0.717, 1.165) is 22.4 Å². The average Bonchev–Trinajstić information content (AvgIpc) is 3.24. The molecule has 0 bridgehead atoms. The zero-order valence-corrected chi connectivity index (χ0v) is 20.5. The summed E-state index contributed by atoms with van der Waals surface area (Å²) in [5, 5.41) is 8.59. The van der Waals surface area contributed by atoms with Gasteiger partial charge < -0.3 is 30.4 Å². The van der Waals surface area contributed by atoms with Gasteiger partial charge in [0, 0.05) is 12.6 Å². The second-order valence-corrected chi connectivity index (χ2v) is 8.72. The number of benzene rings is 2. The van der Waals surface area contributed by atoms with Crippen molar-refractivity contribution in [3.05, 3.63) is 53.3 Å². The molecule has 3 amide bonds. The molecule has 10 nitrogen and oxygen atoms in total. The molecule has 0 saturated heterocycles. The molecule has 0 saturated carbocycles. The number of amides is 3. The molecule has 0 unspecified atom stereocenters. The van der Waals surface area contributed by atoms with Crippen LogP contribution < -0.4 is 25.4 Å². The van der Waals surface area contributed by atoms with E-state index in [1.54, 1.807) is 18.2 Å². The number of H-pyrrole nitrogens is 1. The molecular weight excluding hydrogens is 462 g/mol. The number of fused-ring (bicyclic) bond motifs is 2. The van der Waals surface area contributed by atoms with Crippen LogP contribution in [0.15, 0.2) is 36.4 Å². The van der Waals surface area contributed by atoms with E-state index in [-0.39, 0.29) is 37.3 Å². The minimum Gasteiger partial charge on any atom is -0.497 e. The summed E-state index contributed by atoms with van der Waals surface area (Å²) in [6, 6.07) is 9.96. The quantitative estimate of drug-likeness (QED) is 0.439. The molecule has 0 spiro atoms. The summed E-state index contributed by atoms with van der Waals surface area (Å²) < 4.78 is 11.0. The Balaban J connectivity index is 1.39. The van der Waals surface area contributed by atoms with Gasteiger partial charge in [-0.1, -0.05) is 6.07 Å². The van der Waals surface area contributed by atoms with E-state index in [1.165, 1.54) is 7.11 Å².